The lowest BCUT2D eigenvalue weighted by Crippen LogP contribution is -2.09. The fourth-order valence-corrected chi connectivity index (χ4v) is 1.25. The van der Waals surface area contributed by atoms with E-state index in [4.69, 9.17) is 5.73 Å². The van der Waals surface area contributed by atoms with Crippen molar-refractivity contribution in [3.8, 4) is 0 Å². The van der Waals surface area contributed by atoms with Crippen LogP contribution < -0.4 is 5.73 Å². The van der Waals surface area contributed by atoms with Gasteiger partial charge in [-0.05, 0) is 6.07 Å². The molecule has 2 rings (SSSR count). The summed E-state index contributed by atoms with van der Waals surface area (Å²) >= 11 is 0. The lowest BCUT2D eigenvalue weighted by molar-refractivity contribution is 0.728. The largest absolute Gasteiger partial charge is 0.331 e. The van der Waals surface area contributed by atoms with Gasteiger partial charge in [-0.15, -0.1) is 0 Å². The molecule has 0 spiro atoms. The van der Waals surface area contributed by atoms with E-state index in [0.29, 0.717) is 6.54 Å². The monoisotopic (exact) mass is 162 g/mol. The second-order valence-electron chi connectivity index (χ2n) is 2.60. The topological polar surface area (TPSA) is 56.7 Å². The standard InChI is InChI=1S/C8H10N4/c9-2-4-12-3-1-7-5-10-6-11-8(7)12/h1,3,5-6H,2,4,9H2. The van der Waals surface area contributed by atoms with Crippen molar-refractivity contribution < 1.29 is 0 Å². The van der Waals surface area contributed by atoms with E-state index in [2.05, 4.69) is 9.97 Å². The Labute approximate surface area is 70.0 Å². The van der Waals surface area contributed by atoms with Gasteiger partial charge in [0.1, 0.15) is 12.0 Å². The minimum absolute atomic E-state index is 0.633. The van der Waals surface area contributed by atoms with Gasteiger partial charge in [-0.3, -0.25) is 0 Å². The van der Waals surface area contributed by atoms with Crippen molar-refractivity contribution in [1.29, 1.82) is 0 Å². The van der Waals surface area contributed by atoms with Crippen molar-refractivity contribution >= 4 is 11.0 Å². The van der Waals surface area contributed by atoms with Gasteiger partial charge in [0.25, 0.3) is 0 Å². The maximum Gasteiger partial charge on any atom is 0.143 e. The number of nitrogens with two attached hydrogens (primary N) is 1. The number of hydrogen-bond donors (Lipinski definition) is 1. The molecule has 0 fully saturated rings. The zero-order valence-electron chi connectivity index (χ0n) is 6.64. The van der Waals surface area contributed by atoms with Gasteiger partial charge >= 0.3 is 0 Å². The zero-order valence-corrected chi connectivity index (χ0v) is 6.64. The third-order valence-corrected chi connectivity index (χ3v) is 1.79. The summed E-state index contributed by atoms with van der Waals surface area (Å²) in [6, 6.07) is 1.99. The Morgan fingerprint density at radius 3 is 3.25 bits per heavy atom. The molecule has 12 heavy (non-hydrogen) atoms. The summed E-state index contributed by atoms with van der Waals surface area (Å²) in [5, 5.41) is 1.06. The number of aromatic nitrogens is 3. The van der Waals surface area contributed by atoms with Crippen LogP contribution in [0.5, 0.6) is 0 Å². The summed E-state index contributed by atoms with van der Waals surface area (Å²) in [5.41, 5.74) is 6.40. The van der Waals surface area contributed by atoms with Crippen LogP contribution in [-0.2, 0) is 6.54 Å². The second-order valence-corrected chi connectivity index (χ2v) is 2.60. The lowest BCUT2D eigenvalue weighted by atomic mass is 10.4. The summed E-state index contributed by atoms with van der Waals surface area (Å²) in [6.45, 7) is 1.44. The third-order valence-electron chi connectivity index (χ3n) is 1.79. The van der Waals surface area contributed by atoms with Crippen LogP contribution in [0, 0.1) is 0 Å². The van der Waals surface area contributed by atoms with Crippen molar-refractivity contribution in [2.75, 3.05) is 6.54 Å². The molecule has 62 valence electrons. The van der Waals surface area contributed by atoms with Crippen LogP contribution in [0.15, 0.2) is 24.8 Å². The molecule has 2 aromatic rings. The maximum absolute atomic E-state index is 5.45. The summed E-state index contributed by atoms with van der Waals surface area (Å²) in [4.78, 5) is 8.09. The summed E-state index contributed by atoms with van der Waals surface area (Å²) in [5.74, 6) is 0. The van der Waals surface area contributed by atoms with E-state index in [1.807, 2.05) is 16.8 Å². The van der Waals surface area contributed by atoms with Crippen LogP contribution in [0.2, 0.25) is 0 Å². The summed E-state index contributed by atoms with van der Waals surface area (Å²) in [6.07, 6.45) is 5.33. The molecule has 0 aromatic carbocycles. The highest BCUT2D eigenvalue weighted by Crippen LogP contribution is 2.09. The first-order chi connectivity index (χ1) is 5.92. The minimum atomic E-state index is 0.633. The summed E-state index contributed by atoms with van der Waals surface area (Å²) < 4.78 is 2.02. The Balaban J connectivity index is 2.55. The van der Waals surface area contributed by atoms with Crippen LogP contribution in [0.4, 0.5) is 0 Å². The first-order valence-corrected chi connectivity index (χ1v) is 3.87. The molecule has 0 aliphatic carbocycles. The fourth-order valence-electron chi connectivity index (χ4n) is 1.25. The quantitative estimate of drug-likeness (QED) is 0.695. The second kappa shape index (κ2) is 2.91. The molecule has 0 saturated heterocycles. The van der Waals surface area contributed by atoms with Crippen molar-refractivity contribution in [2.24, 2.45) is 5.73 Å². The molecule has 0 radical (unpaired) electrons. The maximum atomic E-state index is 5.45. The van der Waals surface area contributed by atoms with Crippen molar-refractivity contribution in [2.45, 2.75) is 6.54 Å². The molecule has 0 atom stereocenters. The minimum Gasteiger partial charge on any atom is -0.331 e. The number of nitrogens with zero attached hydrogens (tertiary/aromatic N) is 3. The molecule has 2 aromatic heterocycles. The van der Waals surface area contributed by atoms with E-state index in [9.17, 15) is 0 Å². The Morgan fingerprint density at radius 2 is 2.42 bits per heavy atom. The molecule has 4 heteroatoms. The molecule has 0 unspecified atom stereocenters. The van der Waals surface area contributed by atoms with Crippen molar-refractivity contribution in [3.63, 3.8) is 0 Å². The first-order valence-electron chi connectivity index (χ1n) is 3.87. The van der Waals surface area contributed by atoms with E-state index in [1.54, 1.807) is 12.5 Å². The van der Waals surface area contributed by atoms with Crippen LogP contribution in [-0.4, -0.2) is 21.1 Å². The SMILES string of the molecule is NCCn1ccc2cncnc21. The Bertz CT molecular complexity index is 379. The Morgan fingerprint density at radius 1 is 1.50 bits per heavy atom. The Hall–Kier alpha value is -1.42. The fraction of sp³-hybridized carbons (Fsp3) is 0.250. The van der Waals surface area contributed by atoms with E-state index in [1.165, 1.54) is 0 Å². The molecule has 0 amide bonds. The van der Waals surface area contributed by atoms with Crippen LogP contribution in [0.3, 0.4) is 0 Å². The number of hydrogen-bond acceptors (Lipinski definition) is 3. The third kappa shape index (κ3) is 1.06. The van der Waals surface area contributed by atoms with E-state index < -0.39 is 0 Å². The highest BCUT2D eigenvalue weighted by molar-refractivity contribution is 5.74. The molecule has 0 saturated carbocycles. The highest BCUT2D eigenvalue weighted by atomic mass is 15.0. The van der Waals surface area contributed by atoms with Gasteiger partial charge in [0.15, 0.2) is 0 Å². The van der Waals surface area contributed by atoms with Gasteiger partial charge in [-0.2, -0.15) is 0 Å². The normalized spacial score (nSPS) is 10.8. The van der Waals surface area contributed by atoms with Crippen molar-refractivity contribution in [3.05, 3.63) is 24.8 Å². The van der Waals surface area contributed by atoms with Gasteiger partial charge in [0.05, 0.1) is 0 Å². The van der Waals surface area contributed by atoms with Crippen LogP contribution in [0.1, 0.15) is 0 Å². The van der Waals surface area contributed by atoms with Crippen LogP contribution in [0.25, 0.3) is 11.0 Å². The molecular weight excluding hydrogens is 152 g/mol. The summed E-state index contributed by atoms with van der Waals surface area (Å²) in [7, 11) is 0. The number of fused-ring (bicyclic) bond motifs is 1. The predicted octanol–water partition coefficient (Wildman–Crippen LogP) is 0.390. The van der Waals surface area contributed by atoms with Gasteiger partial charge in [-0.1, -0.05) is 0 Å². The highest BCUT2D eigenvalue weighted by Gasteiger charge is 1.99. The molecule has 4 nitrogen and oxygen atoms in total. The van der Waals surface area contributed by atoms with E-state index >= 15 is 0 Å². The predicted molar refractivity (Wildman–Crippen MR) is 46.6 cm³/mol. The van der Waals surface area contributed by atoms with Gasteiger partial charge in [0, 0.05) is 30.9 Å². The molecule has 0 aliphatic heterocycles. The van der Waals surface area contributed by atoms with Gasteiger partial charge in [0.2, 0.25) is 0 Å². The first kappa shape index (κ1) is 7.24. The molecular formula is C8H10N4. The average Bonchev–Trinajstić information content (AvgIpc) is 2.50. The molecule has 2 heterocycles. The lowest BCUT2D eigenvalue weighted by Gasteiger charge is -1.99. The van der Waals surface area contributed by atoms with Gasteiger partial charge < -0.3 is 10.3 Å². The molecule has 0 bridgehead atoms. The smallest absolute Gasteiger partial charge is 0.143 e. The Kier molecular flexibility index (Phi) is 1.75. The molecule has 2 N–H and O–H groups in total. The average molecular weight is 162 g/mol. The zero-order chi connectivity index (χ0) is 8.39. The van der Waals surface area contributed by atoms with E-state index in [-0.39, 0.29) is 0 Å². The van der Waals surface area contributed by atoms with Crippen LogP contribution >= 0.6 is 0 Å². The molecule has 0 aliphatic rings. The van der Waals surface area contributed by atoms with Gasteiger partial charge in [-0.25, -0.2) is 9.97 Å². The van der Waals surface area contributed by atoms with Crippen molar-refractivity contribution in [1.82, 2.24) is 14.5 Å². The number of rotatable bonds is 2. The van der Waals surface area contributed by atoms with E-state index in [0.717, 1.165) is 17.6 Å².